The number of aliphatic hydroxyl groups is 1. The summed E-state index contributed by atoms with van der Waals surface area (Å²) >= 11 is 0. The van der Waals surface area contributed by atoms with Crippen molar-refractivity contribution in [3.63, 3.8) is 0 Å². The van der Waals surface area contributed by atoms with Crippen molar-refractivity contribution in [1.29, 1.82) is 0 Å². The number of nitrogens with zero attached hydrogens (tertiary/aromatic N) is 1. The molecule has 2 rings (SSSR count). The minimum Gasteiger partial charge on any atom is -0.387 e. The minimum absolute atomic E-state index is 0.0149. The van der Waals surface area contributed by atoms with Gasteiger partial charge in [-0.2, -0.15) is 0 Å². The van der Waals surface area contributed by atoms with Crippen molar-refractivity contribution >= 4 is 5.91 Å². The van der Waals surface area contributed by atoms with Gasteiger partial charge in [-0.25, -0.2) is 8.78 Å². The number of amides is 1. The van der Waals surface area contributed by atoms with Gasteiger partial charge in [-0.3, -0.25) is 9.69 Å². The second kappa shape index (κ2) is 7.13. The molecule has 5 nitrogen and oxygen atoms in total. The van der Waals surface area contributed by atoms with Crippen LogP contribution < -0.4 is 5.32 Å². The summed E-state index contributed by atoms with van der Waals surface area (Å²) in [6.45, 7) is 4.74. The first kappa shape index (κ1) is 16.8. The lowest BCUT2D eigenvalue weighted by Crippen LogP contribution is -2.51. The number of carbonyl (C=O) groups excluding carboxylic acids is 1. The molecule has 1 unspecified atom stereocenters. The van der Waals surface area contributed by atoms with Crippen molar-refractivity contribution in [1.82, 2.24) is 10.2 Å². The van der Waals surface area contributed by atoms with Crippen molar-refractivity contribution in [2.45, 2.75) is 12.5 Å². The van der Waals surface area contributed by atoms with Gasteiger partial charge in [0.1, 0.15) is 0 Å². The van der Waals surface area contributed by atoms with E-state index in [9.17, 15) is 18.7 Å². The number of hydrogen-bond acceptors (Lipinski definition) is 4. The van der Waals surface area contributed by atoms with E-state index in [-0.39, 0.29) is 12.1 Å². The molecule has 1 fully saturated rings. The molecule has 1 atom stereocenters. The molecule has 0 aliphatic carbocycles. The van der Waals surface area contributed by atoms with Gasteiger partial charge in [-0.15, -0.1) is 0 Å². The first-order valence-electron chi connectivity index (χ1n) is 7.13. The Morgan fingerprint density at radius 1 is 1.36 bits per heavy atom. The molecule has 2 N–H and O–H groups in total. The van der Waals surface area contributed by atoms with E-state index in [2.05, 4.69) is 5.32 Å². The summed E-state index contributed by atoms with van der Waals surface area (Å²) in [7, 11) is 0. The third-order valence-electron chi connectivity index (χ3n) is 3.48. The van der Waals surface area contributed by atoms with Crippen LogP contribution in [0, 0.1) is 11.6 Å². The molecule has 1 aromatic carbocycles. The highest BCUT2D eigenvalue weighted by atomic mass is 19.2. The molecule has 1 saturated heterocycles. The number of nitrogens with one attached hydrogen (secondary N) is 1. The van der Waals surface area contributed by atoms with Gasteiger partial charge in [0.05, 0.1) is 18.8 Å². The average molecular weight is 314 g/mol. The number of β-amino-alcohol motifs (C(OH)–C–C–N with tert-alkyl or cyclic N) is 1. The third kappa shape index (κ3) is 4.72. The Hall–Kier alpha value is -1.57. The van der Waals surface area contributed by atoms with Crippen LogP contribution in [0.25, 0.3) is 0 Å². The Morgan fingerprint density at radius 3 is 2.68 bits per heavy atom. The van der Waals surface area contributed by atoms with E-state index in [1.54, 1.807) is 6.92 Å². The van der Waals surface area contributed by atoms with Crippen LogP contribution >= 0.6 is 0 Å². The molecular weight excluding hydrogens is 294 g/mol. The number of benzene rings is 1. The topological polar surface area (TPSA) is 61.8 Å². The van der Waals surface area contributed by atoms with Crippen molar-refractivity contribution in [2.75, 3.05) is 39.4 Å². The van der Waals surface area contributed by atoms with Crippen LogP contribution in [-0.2, 0) is 4.74 Å². The Balaban J connectivity index is 1.87. The number of rotatable bonds is 5. The number of carbonyl (C=O) groups is 1. The summed E-state index contributed by atoms with van der Waals surface area (Å²) in [5.74, 6) is -2.63. The molecule has 1 aliphatic rings. The maximum absolute atomic E-state index is 13.1. The van der Waals surface area contributed by atoms with Gasteiger partial charge in [0.15, 0.2) is 11.6 Å². The molecule has 7 heteroatoms. The Bertz CT molecular complexity index is 532. The summed E-state index contributed by atoms with van der Waals surface area (Å²) in [5, 5.41) is 12.9. The fourth-order valence-electron chi connectivity index (χ4n) is 2.31. The van der Waals surface area contributed by atoms with Crippen LogP contribution in [0.3, 0.4) is 0 Å². The lowest BCUT2D eigenvalue weighted by Gasteiger charge is -2.33. The van der Waals surface area contributed by atoms with Gasteiger partial charge in [0.2, 0.25) is 0 Å². The highest BCUT2D eigenvalue weighted by Gasteiger charge is 2.26. The molecule has 122 valence electrons. The first-order valence-corrected chi connectivity index (χ1v) is 7.13. The molecule has 0 bridgehead atoms. The maximum atomic E-state index is 13.1. The van der Waals surface area contributed by atoms with Crippen molar-refractivity contribution in [2.24, 2.45) is 0 Å². The van der Waals surface area contributed by atoms with E-state index in [1.165, 1.54) is 6.07 Å². The van der Waals surface area contributed by atoms with Gasteiger partial charge >= 0.3 is 0 Å². The van der Waals surface area contributed by atoms with Crippen LogP contribution in [0.2, 0.25) is 0 Å². The predicted octanol–water partition coefficient (Wildman–Crippen LogP) is 0.778. The van der Waals surface area contributed by atoms with Crippen molar-refractivity contribution in [3.05, 3.63) is 35.4 Å². The SMILES string of the molecule is CC(O)(CNC(=O)c1ccc(F)c(F)c1)CN1CCOCC1. The monoisotopic (exact) mass is 314 g/mol. The average Bonchev–Trinajstić information content (AvgIpc) is 2.48. The predicted molar refractivity (Wildman–Crippen MR) is 76.6 cm³/mol. The van der Waals surface area contributed by atoms with Gasteiger partial charge in [0.25, 0.3) is 5.91 Å². The summed E-state index contributed by atoms with van der Waals surface area (Å²) in [6.07, 6.45) is 0. The van der Waals surface area contributed by atoms with Gasteiger partial charge < -0.3 is 15.2 Å². The van der Waals surface area contributed by atoms with Crippen molar-refractivity contribution < 1.29 is 23.4 Å². The number of ether oxygens (including phenoxy) is 1. The first-order chi connectivity index (χ1) is 10.4. The summed E-state index contributed by atoms with van der Waals surface area (Å²) in [4.78, 5) is 14.0. The molecular formula is C15H20F2N2O3. The van der Waals surface area contributed by atoms with Crippen LogP contribution in [0.4, 0.5) is 8.78 Å². The van der Waals surface area contributed by atoms with Crippen molar-refractivity contribution in [3.8, 4) is 0 Å². The molecule has 1 amide bonds. The van der Waals surface area contributed by atoms with Gasteiger partial charge in [-0.1, -0.05) is 0 Å². The highest BCUT2D eigenvalue weighted by Crippen LogP contribution is 2.10. The van der Waals surface area contributed by atoms with Gasteiger partial charge in [-0.05, 0) is 25.1 Å². The smallest absolute Gasteiger partial charge is 0.251 e. The minimum atomic E-state index is -1.12. The summed E-state index contributed by atoms with van der Waals surface area (Å²) in [5.41, 5.74) is -1.10. The summed E-state index contributed by atoms with van der Waals surface area (Å²) < 4.78 is 31.2. The van der Waals surface area contributed by atoms with E-state index >= 15 is 0 Å². The van der Waals surface area contributed by atoms with Crippen LogP contribution in [-0.4, -0.2) is 60.9 Å². The molecule has 0 radical (unpaired) electrons. The van der Waals surface area contributed by atoms with E-state index < -0.39 is 23.1 Å². The van der Waals surface area contributed by atoms with Crippen LogP contribution in [0.5, 0.6) is 0 Å². The van der Waals surface area contributed by atoms with E-state index in [4.69, 9.17) is 4.74 Å². The van der Waals surface area contributed by atoms with E-state index in [1.807, 2.05) is 4.90 Å². The summed E-state index contributed by atoms with van der Waals surface area (Å²) in [6, 6.07) is 2.93. The third-order valence-corrected chi connectivity index (χ3v) is 3.48. The zero-order chi connectivity index (χ0) is 16.2. The quantitative estimate of drug-likeness (QED) is 0.843. The molecule has 22 heavy (non-hydrogen) atoms. The van der Waals surface area contributed by atoms with E-state index in [0.717, 1.165) is 25.2 Å². The zero-order valence-electron chi connectivity index (χ0n) is 12.4. The fourth-order valence-corrected chi connectivity index (χ4v) is 2.31. The molecule has 1 aromatic rings. The molecule has 0 aromatic heterocycles. The Morgan fingerprint density at radius 2 is 2.05 bits per heavy atom. The number of morpholine rings is 1. The molecule has 1 heterocycles. The fraction of sp³-hybridized carbons (Fsp3) is 0.533. The Kier molecular flexibility index (Phi) is 5.44. The Labute approximate surface area is 127 Å². The lowest BCUT2D eigenvalue weighted by molar-refractivity contribution is -0.0213. The number of halogens is 2. The normalized spacial score (nSPS) is 18.7. The molecule has 1 aliphatic heterocycles. The number of hydrogen-bond donors (Lipinski definition) is 2. The highest BCUT2D eigenvalue weighted by molar-refractivity contribution is 5.94. The zero-order valence-corrected chi connectivity index (χ0v) is 12.4. The molecule has 0 spiro atoms. The van der Waals surface area contributed by atoms with Gasteiger partial charge in [0, 0.05) is 31.7 Å². The second-order valence-electron chi connectivity index (χ2n) is 5.70. The second-order valence-corrected chi connectivity index (χ2v) is 5.70. The van der Waals surface area contributed by atoms with Crippen LogP contribution in [0.15, 0.2) is 18.2 Å². The van der Waals surface area contributed by atoms with Crippen LogP contribution in [0.1, 0.15) is 17.3 Å². The maximum Gasteiger partial charge on any atom is 0.251 e. The molecule has 0 saturated carbocycles. The lowest BCUT2D eigenvalue weighted by atomic mass is 10.1. The largest absolute Gasteiger partial charge is 0.387 e. The van der Waals surface area contributed by atoms with E-state index in [0.29, 0.717) is 19.8 Å². The standard InChI is InChI=1S/C15H20F2N2O3/c1-15(21,10-19-4-6-22-7-5-19)9-18-14(20)11-2-3-12(16)13(17)8-11/h2-3,8,21H,4-7,9-10H2,1H3,(H,18,20).